The second-order valence-electron chi connectivity index (χ2n) is 6.73. The van der Waals surface area contributed by atoms with Crippen molar-refractivity contribution in [3.05, 3.63) is 0 Å². The molecule has 0 bridgehead atoms. The minimum atomic E-state index is -3.24. The lowest BCUT2D eigenvalue weighted by atomic mass is 9.89. The predicted molar refractivity (Wildman–Crippen MR) is 84.3 cm³/mol. The molecule has 6 heteroatoms. The molecule has 0 aromatic carbocycles. The Morgan fingerprint density at radius 2 is 1.48 bits per heavy atom. The maximum Gasteiger partial charge on any atom is 0.282 e. The number of hydrogen-bond acceptors (Lipinski definition) is 3. The van der Waals surface area contributed by atoms with Crippen molar-refractivity contribution in [3.63, 3.8) is 0 Å². The summed E-state index contributed by atoms with van der Waals surface area (Å²) in [5.41, 5.74) is 0. The van der Waals surface area contributed by atoms with Gasteiger partial charge >= 0.3 is 0 Å². The van der Waals surface area contributed by atoms with Gasteiger partial charge in [0.1, 0.15) is 0 Å². The summed E-state index contributed by atoms with van der Waals surface area (Å²) in [6.45, 7) is 4.25. The molecule has 0 spiro atoms. The number of nitrogens with zero attached hydrogens (tertiary/aromatic N) is 2. The zero-order valence-electron chi connectivity index (χ0n) is 13.0. The van der Waals surface area contributed by atoms with Crippen LogP contribution in [0.5, 0.6) is 0 Å². The summed E-state index contributed by atoms with van der Waals surface area (Å²) in [5, 5.41) is 3.39. The number of rotatable bonds is 3. The van der Waals surface area contributed by atoms with Crippen LogP contribution in [0.2, 0.25) is 0 Å². The Balaban J connectivity index is 1.73. The Kier molecular flexibility index (Phi) is 5.19. The molecule has 3 saturated heterocycles. The maximum absolute atomic E-state index is 13.0. The first-order valence-corrected chi connectivity index (χ1v) is 10.1. The van der Waals surface area contributed by atoms with E-state index >= 15 is 0 Å². The second-order valence-corrected chi connectivity index (χ2v) is 8.61. The Bertz CT molecular complexity index is 426. The third-order valence-corrected chi connectivity index (χ3v) is 7.43. The standard InChI is InChI=1S/C15H29N3O2S/c19-21(20,17-11-3-1-2-4-12-17)18-13-5-6-15(18)14-7-9-16-10-8-14/h14-16H,1-13H2. The van der Waals surface area contributed by atoms with Gasteiger partial charge in [0, 0.05) is 25.7 Å². The molecule has 5 nitrogen and oxygen atoms in total. The lowest BCUT2D eigenvalue weighted by Crippen LogP contribution is -2.49. The minimum Gasteiger partial charge on any atom is -0.317 e. The van der Waals surface area contributed by atoms with Crippen LogP contribution in [0.4, 0.5) is 0 Å². The topological polar surface area (TPSA) is 52.7 Å². The lowest BCUT2D eigenvalue weighted by Gasteiger charge is -2.36. The van der Waals surface area contributed by atoms with Crippen LogP contribution in [-0.2, 0) is 10.2 Å². The Morgan fingerprint density at radius 3 is 2.14 bits per heavy atom. The molecule has 1 N–H and O–H groups in total. The first kappa shape index (κ1) is 15.7. The zero-order valence-corrected chi connectivity index (χ0v) is 13.8. The molecule has 0 aliphatic carbocycles. The highest BCUT2D eigenvalue weighted by Gasteiger charge is 2.41. The van der Waals surface area contributed by atoms with Gasteiger partial charge < -0.3 is 5.32 Å². The van der Waals surface area contributed by atoms with Gasteiger partial charge in [0.2, 0.25) is 0 Å². The molecule has 0 amide bonds. The van der Waals surface area contributed by atoms with Gasteiger partial charge in [-0.3, -0.25) is 0 Å². The van der Waals surface area contributed by atoms with Gasteiger partial charge in [-0.05, 0) is 57.5 Å². The second kappa shape index (κ2) is 6.94. The summed E-state index contributed by atoms with van der Waals surface area (Å²) >= 11 is 0. The highest BCUT2D eigenvalue weighted by atomic mass is 32.2. The molecule has 3 aliphatic rings. The molecular weight excluding hydrogens is 286 g/mol. The highest BCUT2D eigenvalue weighted by molar-refractivity contribution is 7.86. The smallest absolute Gasteiger partial charge is 0.282 e. The molecule has 3 heterocycles. The fraction of sp³-hybridized carbons (Fsp3) is 1.00. The van der Waals surface area contributed by atoms with Crippen molar-refractivity contribution in [1.29, 1.82) is 0 Å². The molecule has 0 saturated carbocycles. The quantitative estimate of drug-likeness (QED) is 0.860. The van der Waals surface area contributed by atoms with Gasteiger partial charge in [0.05, 0.1) is 0 Å². The van der Waals surface area contributed by atoms with Crippen LogP contribution < -0.4 is 5.32 Å². The number of piperidine rings is 1. The van der Waals surface area contributed by atoms with Crippen LogP contribution in [0.25, 0.3) is 0 Å². The van der Waals surface area contributed by atoms with E-state index in [0.717, 1.165) is 71.2 Å². The largest absolute Gasteiger partial charge is 0.317 e. The van der Waals surface area contributed by atoms with E-state index < -0.39 is 10.2 Å². The van der Waals surface area contributed by atoms with Crippen molar-refractivity contribution in [2.24, 2.45) is 5.92 Å². The molecule has 3 fully saturated rings. The average molecular weight is 315 g/mol. The molecule has 1 atom stereocenters. The molecule has 1 unspecified atom stereocenters. The predicted octanol–water partition coefficient (Wildman–Crippen LogP) is 1.57. The van der Waals surface area contributed by atoms with Crippen LogP contribution in [0.1, 0.15) is 51.4 Å². The van der Waals surface area contributed by atoms with Crippen LogP contribution in [0, 0.1) is 5.92 Å². The van der Waals surface area contributed by atoms with Crippen molar-refractivity contribution in [1.82, 2.24) is 13.9 Å². The monoisotopic (exact) mass is 315 g/mol. The van der Waals surface area contributed by atoms with E-state index in [-0.39, 0.29) is 6.04 Å². The van der Waals surface area contributed by atoms with Crippen LogP contribution in [0.15, 0.2) is 0 Å². The SMILES string of the molecule is O=S(=O)(N1CCCCCC1)N1CCCC1C1CCNCC1. The molecule has 122 valence electrons. The molecule has 0 radical (unpaired) electrons. The molecule has 0 aromatic heterocycles. The Morgan fingerprint density at radius 1 is 0.810 bits per heavy atom. The van der Waals surface area contributed by atoms with Crippen molar-refractivity contribution in [2.45, 2.75) is 57.4 Å². The summed E-state index contributed by atoms with van der Waals surface area (Å²) in [6.07, 6.45) is 8.70. The summed E-state index contributed by atoms with van der Waals surface area (Å²) in [6, 6.07) is 0.250. The number of nitrogens with one attached hydrogen (secondary N) is 1. The highest BCUT2D eigenvalue weighted by Crippen LogP contribution is 2.33. The van der Waals surface area contributed by atoms with Gasteiger partial charge in [-0.1, -0.05) is 12.8 Å². The van der Waals surface area contributed by atoms with E-state index in [1.165, 1.54) is 12.8 Å². The van der Waals surface area contributed by atoms with Crippen molar-refractivity contribution >= 4 is 10.2 Å². The van der Waals surface area contributed by atoms with Gasteiger partial charge in [-0.15, -0.1) is 0 Å². The van der Waals surface area contributed by atoms with Crippen molar-refractivity contribution in [2.75, 3.05) is 32.7 Å². The van der Waals surface area contributed by atoms with E-state index in [1.807, 2.05) is 4.31 Å². The van der Waals surface area contributed by atoms with Gasteiger partial charge in [-0.25, -0.2) is 0 Å². The Hall–Kier alpha value is -0.170. The minimum absolute atomic E-state index is 0.250. The fourth-order valence-electron chi connectivity index (χ4n) is 4.17. The molecule has 3 aliphatic heterocycles. The van der Waals surface area contributed by atoms with Crippen LogP contribution in [0.3, 0.4) is 0 Å². The van der Waals surface area contributed by atoms with Crippen LogP contribution >= 0.6 is 0 Å². The fourth-order valence-corrected chi connectivity index (χ4v) is 6.17. The van der Waals surface area contributed by atoms with E-state index in [9.17, 15) is 8.42 Å². The molecule has 21 heavy (non-hydrogen) atoms. The normalized spacial score (nSPS) is 31.3. The zero-order chi connectivity index (χ0) is 14.7. The van der Waals surface area contributed by atoms with Gasteiger partial charge in [0.25, 0.3) is 10.2 Å². The van der Waals surface area contributed by atoms with Gasteiger partial charge in [-0.2, -0.15) is 17.0 Å². The number of hydrogen-bond donors (Lipinski definition) is 1. The molecular formula is C15H29N3O2S. The van der Waals surface area contributed by atoms with E-state index in [2.05, 4.69) is 5.32 Å². The van der Waals surface area contributed by atoms with Crippen molar-refractivity contribution < 1.29 is 8.42 Å². The van der Waals surface area contributed by atoms with Gasteiger partial charge in [0.15, 0.2) is 0 Å². The van der Waals surface area contributed by atoms with E-state index in [4.69, 9.17) is 0 Å². The summed E-state index contributed by atoms with van der Waals surface area (Å²) in [5.74, 6) is 0.551. The summed E-state index contributed by atoms with van der Waals surface area (Å²) in [4.78, 5) is 0. The summed E-state index contributed by atoms with van der Waals surface area (Å²) in [7, 11) is -3.24. The Labute approximate surface area is 129 Å². The maximum atomic E-state index is 13.0. The van der Waals surface area contributed by atoms with Crippen LogP contribution in [-0.4, -0.2) is 55.8 Å². The summed E-state index contributed by atoms with van der Waals surface area (Å²) < 4.78 is 29.7. The molecule has 3 rings (SSSR count). The first-order valence-electron chi connectivity index (χ1n) is 8.67. The van der Waals surface area contributed by atoms with Crippen molar-refractivity contribution in [3.8, 4) is 0 Å². The van der Waals surface area contributed by atoms with E-state index in [1.54, 1.807) is 4.31 Å². The lowest BCUT2D eigenvalue weighted by molar-refractivity contribution is 0.223. The first-order chi connectivity index (χ1) is 10.2. The third-order valence-electron chi connectivity index (χ3n) is 5.36. The van der Waals surface area contributed by atoms with E-state index in [0.29, 0.717) is 5.92 Å². The molecule has 0 aromatic rings. The average Bonchev–Trinajstić information content (AvgIpc) is 2.84. The third kappa shape index (κ3) is 3.44.